The topological polar surface area (TPSA) is 76.7 Å². The zero-order valence-corrected chi connectivity index (χ0v) is 13.5. The average Bonchev–Trinajstić information content (AvgIpc) is 3.33. The van der Waals surface area contributed by atoms with Crippen LogP contribution >= 0.6 is 22.7 Å². The minimum absolute atomic E-state index is 0.392. The second-order valence-electron chi connectivity index (χ2n) is 4.61. The van der Waals surface area contributed by atoms with Crippen molar-refractivity contribution in [2.75, 3.05) is 5.32 Å². The van der Waals surface area contributed by atoms with Gasteiger partial charge in [-0.25, -0.2) is 4.98 Å². The maximum atomic E-state index is 5.60. The van der Waals surface area contributed by atoms with Crippen LogP contribution < -0.4 is 5.32 Å². The summed E-state index contributed by atoms with van der Waals surface area (Å²) in [4.78, 5) is 10.7. The van der Waals surface area contributed by atoms with E-state index < -0.39 is 0 Å². The molecule has 1 N–H and O–H groups in total. The Morgan fingerprint density at radius 3 is 2.87 bits per heavy atom. The summed E-state index contributed by atoms with van der Waals surface area (Å²) in [7, 11) is 0. The van der Waals surface area contributed by atoms with Gasteiger partial charge in [-0.1, -0.05) is 11.2 Å². The summed E-state index contributed by atoms with van der Waals surface area (Å²) in [6.07, 6.45) is 5.25. The van der Waals surface area contributed by atoms with Crippen molar-refractivity contribution in [3.8, 4) is 21.3 Å². The van der Waals surface area contributed by atoms with Crippen molar-refractivity contribution in [3.05, 3.63) is 53.1 Å². The molecular formula is C15H11N5OS2. The molecule has 23 heavy (non-hydrogen) atoms. The monoisotopic (exact) mass is 341 g/mol. The van der Waals surface area contributed by atoms with Crippen LogP contribution in [0.4, 0.5) is 6.01 Å². The molecule has 0 aliphatic carbocycles. The molecule has 8 heteroatoms. The molecule has 114 valence electrons. The van der Waals surface area contributed by atoms with Crippen LogP contribution in [0, 0.1) is 0 Å². The van der Waals surface area contributed by atoms with Gasteiger partial charge in [-0.05, 0) is 23.6 Å². The van der Waals surface area contributed by atoms with Crippen molar-refractivity contribution >= 4 is 28.7 Å². The van der Waals surface area contributed by atoms with Gasteiger partial charge in [0.2, 0.25) is 5.89 Å². The normalized spacial score (nSPS) is 10.8. The van der Waals surface area contributed by atoms with E-state index in [2.05, 4.69) is 31.5 Å². The predicted molar refractivity (Wildman–Crippen MR) is 90.3 cm³/mol. The van der Waals surface area contributed by atoms with Crippen LogP contribution in [-0.4, -0.2) is 20.2 Å². The van der Waals surface area contributed by atoms with Gasteiger partial charge in [0.25, 0.3) is 0 Å². The lowest BCUT2D eigenvalue weighted by Crippen LogP contribution is -1.97. The van der Waals surface area contributed by atoms with Crippen molar-refractivity contribution < 1.29 is 4.42 Å². The molecule has 0 spiro atoms. The Kier molecular flexibility index (Phi) is 3.83. The molecule has 0 aliphatic heterocycles. The number of thiazole rings is 1. The highest BCUT2D eigenvalue weighted by Gasteiger charge is 2.09. The van der Waals surface area contributed by atoms with Gasteiger partial charge in [-0.3, -0.25) is 4.98 Å². The fraction of sp³-hybridized carbons (Fsp3) is 0.0667. The van der Waals surface area contributed by atoms with Gasteiger partial charge in [-0.15, -0.1) is 27.8 Å². The first-order valence-corrected chi connectivity index (χ1v) is 8.54. The second kappa shape index (κ2) is 6.27. The first-order valence-electron chi connectivity index (χ1n) is 6.85. The Balaban J connectivity index is 1.43. The highest BCUT2D eigenvalue weighted by molar-refractivity contribution is 7.20. The Hall–Kier alpha value is -2.58. The van der Waals surface area contributed by atoms with Crippen LogP contribution in [0.1, 0.15) is 4.88 Å². The molecule has 0 aromatic carbocycles. The Morgan fingerprint density at radius 2 is 2.04 bits per heavy atom. The number of thiophene rings is 1. The first-order chi connectivity index (χ1) is 11.4. The van der Waals surface area contributed by atoms with E-state index in [9.17, 15) is 0 Å². The minimum atomic E-state index is 0.392. The number of anilines is 1. The van der Waals surface area contributed by atoms with Crippen LogP contribution in [0.2, 0.25) is 0 Å². The van der Waals surface area contributed by atoms with Crippen LogP contribution in [0.5, 0.6) is 0 Å². The summed E-state index contributed by atoms with van der Waals surface area (Å²) in [5.74, 6) is 0.471. The summed E-state index contributed by atoms with van der Waals surface area (Å²) >= 11 is 3.34. The SMILES string of the molecule is c1csc(-c2ncc(CNc3nnc(-c4ccncc4)o3)s2)c1. The van der Waals surface area contributed by atoms with Gasteiger partial charge in [-0.2, -0.15) is 0 Å². The zero-order valence-electron chi connectivity index (χ0n) is 11.8. The standard InChI is InChI=1S/C15H11N5OS2/c1-2-12(22-7-1)14-17-8-11(23-14)9-18-15-20-19-13(21-15)10-3-5-16-6-4-10/h1-8H,9H2,(H,18,20). The quantitative estimate of drug-likeness (QED) is 0.593. The summed E-state index contributed by atoms with van der Waals surface area (Å²) < 4.78 is 5.60. The van der Waals surface area contributed by atoms with Crippen LogP contribution in [-0.2, 0) is 6.54 Å². The number of hydrogen-bond donors (Lipinski definition) is 1. The minimum Gasteiger partial charge on any atom is -0.403 e. The maximum Gasteiger partial charge on any atom is 0.316 e. The van der Waals surface area contributed by atoms with Gasteiger partial charge < -0.3 is 9.73 Å². The Labute approximate surface area is 139 Å². The summed E-state index contributed by atoms with van der Waals surface area (Å²) in [6.45, 7) is 0.598. The summed E-state index contributed by atoms with van der Waals surface area (Å²) in [5, 5.41) is 14.2. The molecule has 4 rings (SSSR count). The third-order valence-corrected chi connectivity index (χ3v) is 5.09. The van der Waals surface area contributed by atoms with E-state index in [0.29, 0.717) is 18.5 Å². The van der Waals surface area contributed by atoms with Crippen LogP contribution in [0.3, 0.4) is 0 Å². The van der Waals surface area contributed by atoms with E-state index in [1.807, 2.05) is 29.8 Å². The highest BCUT2D eigenvalue weighted by Crippen LogP contribution is 2.29. The lowest BCUT2D eigenvalue weighted by atomic mass is 10.3. The molecule has 0 amide bonds. The van der Waals surface area contributed by atoms with Crippen molar-refractivity contribution in [2.45, 2.75) is 6.54 Å². The van der Waals surface area contributed by atoms with E-state index in [0.717, 1.165) is 15.4 Å². The van der Waals surface area contributed by atoms with Crippen molar-refractivity contribution in [2.24, 2.45) is 0 Å². The first kappa shape index (κ1) is 14.0. The van der Waals surface area contributed by atoms with Crippen molar-refractivity contribution in [1.82, 2.24) is 20.2 Å². The number of aromatic nitrogens is 4. The summed E-state index contributed by atoms with van der Waals surface area (Å²) in [5.41, 5.74) is 0.846. The van der Waals surface area contributed by atoms with E-state index >= 15 is 0 Å². The number of pyridine rings is 1. The predicted octanol–water partition coefficient (Wildman–Crippen LogP) is 3.93. The molecular weight excluding hydrogens is 330 g/mol. The number of nitrogens with one attached hydrogen (secondary N) is 1. The maximum absolute atomic E-state index is 5.60. The fourth-order valence-electron chi connectivity index (χ4n) is 1.97. The van der Waals surface area contributed by atoms with E-state index in [1.165, 1.54) is 4.88 Å². The molecule has 0 bridgehead atoms. The van der Waals surface area contributed by atoms with Crippen LogP contribution in [0.25, 0.3) is 21.3 Å². The molecule has 0 atom stereocenters. The molecule has 4 aromatic rings. The third kappa shape index (κ3) is 3.13. The average molecular weight is 341 g/mol. The van der Waals surface area contributed by atoms with Gasteiger partial charge in [0.1, 0.15) is 5.01 Å². The molecule has 6 nitrogen and oxygen atoms in total. The number of nitrogens with zero attached hydrogens (tertiary/aromatic N) is 4. The van der Waals surface area contributed by atoms with Crippen LogP contribution in [0.15, 0.2) is 52.7 Å². The fourth-order valence-corrected chi connectivity index (χ4v) is 3.63. The van der Waals surface area contributed by atoms with Gasteiger partial charge in [0, 0.05) is 29.0 Å². The smallest absolute Gasteiger partial charge is 0.316 e. The molecule has 0 unspecified atom stereocenters. The Bertz CT molecular complexity index is 886. The van der Waals surface area contributed by atoms with Crippen molar-refractivity contribution in [1.29, 1.82) is 0 Å². The highest BCUT2D eigenvalue weighted by atomic mass is 32.1. The molecule has 0 fully saturated rings. The lowest BCUT2D eigenvalue weighted by molar-refractivity contribution is 0.581. The molecule has 0 radical (unpaired) electrons. The molecule has 4 heterocycles. The van der Waals surface area contributed by atoms with E-state index in [4.69, 9.17) is 4.42 Å². The van der Waals surface area contributed by atoms with Gasteiger partial charge >= 0.3 is 6.01 Å². The van der Waals surface area contributed by atoms with Gasteiger partial charge in [0.15, 0.2) is 0 Å². The third-order valence-electron chi connectivity index (χ3n) is 3.05. The Morgan fingerprint density at radius 1 is 1.13 bits per heavy atom. The molecule has 0 saturated carbocycles. The second-order valence-corrected chi connectivity index (χ2v) is 6.67. The van der Waals surface area contributed by atoms with E-state index in [1.54, 1.807) is 35.1 Å². The number of rotatable bonds is 5. The lowest BCUT2D eigenvalue weighted by Gasteiger charge is -1.97. The molecule has 0 saturated heterocycles. The van der Waals surface area contributed by atoms with Crippen molar-refractivity contribution in [3.63, 3.8) is 0 Å². The van der Waals surface area contributed by atoms with E-state index in [-0.39, 0.29) is 0 Å². The van der Waals surface area contributed by atoms with Gasteiger partial charge in [0.05, 0.1) is 11.4 Å². The molecule has 0 aliphatic rings. The summed E-state index contributed by atoms with van der Waals surface area (Å²) in [6, 6.07) is 8.14. The largest absolute Gasteiger partial charge is 0.403 e. The molecule has 4 aromatic heterocycles. The zero-order chi connectivity index (χ0) is 15.5. The number of hydrogen-bond acceptors (Lipinski definition) is 8.